The number of hydrogen-bond donors (Lipinski definition) is 1. The van der Waals surface area contributed by atoms with Crippen LogP contribution in [0.4, 0.5) is 0 Å². The van der Waals surface area contributed by atoms with Crippen LogP contribution in [0.15, 0.2) is 0 Å². The molecule has 0 aromatic carbocycles. The molecule has 6 rings (SSSR count). The Balaban J connectivity index is 1.79. The van der Waals surface area contributed by atoms with E-state index in [1.54, 1.807) is 0 Å². The lowest BCUT2D eigenvalue weighted by Crippen LogP contribution is -3.11. The van der Waals surface area contributed by atoms with E-state index < -0.39 is 0 Å². The molecule has 0 radical (unpaired) electrons. The second-order valence-electron chi connectivity index (χ2n) is 5.07. The van der Waals surface area contributed by atoms with Gasteiger partial charge in [-0.15, -0.1) is 0 Å². The van der Waals surface area contributed by atoms with Crippen molar-refractivity contribution in [2.75, 3.05) is 7.05 Å². The number of rotatable bonds is 1. The van der Waals surface area contributed by atoms with Gasteiger partial charge in [0, 0.05) is 5.54 Å². The van der Waals surface area contributed by atoms with Crippen LogP contribution in [0.3, 0.4) is 0 Å². The highest BCUT2D eigenvalue weighted by Crippen LogP contribution is 3.02. The second-order valence-corrected chi connectivity index (χ2v) is 5.07. The molecule has 10 heavy (non-hydrogen) atoms. The van der Waals surface area contributed by atoms with E-state index in [0.29, 0.717) is 0 Å². The highest BCUT2D eigenvalue weighted by atomic mass is 15.2. The third-order valence-corrected chi connectivity index (χ3v) is 5.91. The molecule has 0 heterocycles. The maximum Gasteiger partial charge on any atom is 0.0280 e. The molecular formula is C9H11N. The van der Waals surface area contributed by atoms with Crippen LogP contribution in [0, 0.1) is 41.4 Å². The lowest BCUT2D eigenvalue weighted by atomic mass is 8.98. The monoisotopic (exact) mass is 133 g/mol. The fourth-order valence-corrected chi connectivity index (χ4v) is 5.93. The Hall–Kier alpha value is -0.0400. The van der Waals surface area contributed by atoms with Crippen LogP contribution >= 0.6 is 0 Å². The summed E-state index contributed by atoms with van der Waals surface area (Å²) >= 11 is 0. The van der Waals surface area contributed by atoms with Crippen molar-refractivity contribution < 1.29 is 0 Å². The first-order valence-electron chi connectivity index (χ1n) is 4.62. The lowest BCUT2D eigenvalue weighted by Gasteiger charge is -3.07. The van der Waals surface area contributed by atoms with E-state index in [1.807, 2.05) is 0 Å². The van der Waals surface area contributed by atoms with Gasteiger partial charge in [0.1, 0.15) is 0 Å². The van der Waals surface area contributed by atoms with Crippen LogP contribution in [0.25, 0.3) is 0 Å². The van der Waals surface area contributed by atoms with Crippen molar-refractivity contribution in [3.8, 4) is 0 Å². The lowest BCUT2D eigenvalue weighted by molar-refractivity contribution is -0.579. The first kappa shape index (κ1) is 4.10. The average molecular weight is 133 g/mol. The van der Waals surface area contributed by atoms with Crippen molar-refractivity contribution >= 4 is 0 Å². The van der Waals surface area contributed by atoms with Crippen LogP contribution in [0.1, 0.15) is 0 Å². The van der Waals surface area contributed by atoms with E-state index in [0.717, 1.165) is 5.54 Å². The summed E-state index contributed by atoms with van der Waals surface area (Å²) in [4.78, 5) is 0. The quantitative estimate of drug-likeness (QED) is 0.543. The summed E-state index contributed by atoms with van der Waals surface area (Å²) < 4.78 is 0. The molecule has 0 atom stereocenters. The number of nitrogens with one attached hydrogen (secondary N) is 1. The van der Waals surface area contributed by atoms with Gasteiger partial charge in [-0.3, -0.25) is 0 Å². The Kier molecular flexibility index (Phi) is 0.298. The fraction of sp³-hybridized carbons (Fsp3) is 1.00. The largest absolute Gasteiger partial charge is 0.313 e. The molecule has 6 aliphatic rings. The van der Waals surface area contributed by atoms with Gasteiger partial charge < -0.3 is 5.32 Å². The van der Waals surface area contributed by atoms with Gasteiger partial charge in [0.25, 0.3) is 0 Å². The van der Waals surface area contributed by atoms with E-state index in [-0.39, 0.29) is 0 Å². The minimum atomic E-state index is 0.759. The molecule has 0 aromatic heterocycles. The molecule has 0 aliphatic heterocycles. The first-order valence-corrected chi connectivity index (χ1v) is 4.62. The molecule has 6 aliphatic carbocycles. The predicted octanol–water partition coefficient (Wildman–Crippen LogP) is 0.326. The fourth-order valence-electron chi connectivity index (χ4n) is 5.93. The standard InChI is InChI=1S/C9H11N/c1-10-9-6-3-2-4(6)8(9)5(2)7(3)9/h2-8,10H,1H3. The normalized spacial score (nSPS) is 96.3. The van der Waals surface area contributed by atoms with E-state index in [4.69, 9.17) is 0 Å². The Bertz CT molecular complexity index is 219. The molecular weight excluding hydrogens is 122 g/mol. The molecule has 0 spiro atoms. The molecule has 0 bridgehead atoms. The van der Waals surface area contributed by atoms with Crippen molar-refractivity contribution in [1.29, 1.82) is 0 Å². The smallest absolute Gasteiger partial charge is 0.0280 e. The Morgan fingerprint density at radius 3 is 1.70 bits per heavy atom. The maximum atomic E-state index is 3.59. The zero-order valence-electron chi connectivity index (χ0n) is 6.04. The van der Waals surface area contributed by atoms with Gasteiger partial charge in [-0.25, -0.2) is 0 Å². The average Bonchev–Trinajstić information content (AvgIpc) is 2.05. The zero-order chi connectivity index (χ0) is 6.25. The minimum Gasteiger partial charge on any atom is -0.313 e. The summed E-state index contributed by atoms with van der Waals surface area (Å²) in [5.41, 5.74) is 0.759. The Morgan fingerprint density at radius 1 is 0.900 bits per heavy atom. The highest BCUT2D eigenvalue weighted by molar-refractivity contribution is 5.53. The van der Waals surface area contributed by atoms with Crippen molar-refractivity contribution in [2.45, 2.75) is 5.54 Å². The Morgan fingerprint density at radius 2 is 1.40 bits per heavy atom. The van der Waals surface area contributed by atoms with E-state index in [1.165, 1.54) is 41.4 Å². The Labute approximate surface area is 60.2 Å². The highest BCUT2D eigenvalue weighted by Gasteiger charge is 3.04. The number of hydrogen-bond acceptors (Lipinski definition) is 1. The molecule has 0 unspecified atom stereocenters. The molecule has 0 amide bonds. The van der Waals surface area contributed by atoms with Crippen LogP contribution in [-0.4, -0.2) is 12.6 Å². The minimum absolute atomic E-state index is 0.759. The molecule has 6 saturated carbocycles. The first-order chi connectivity index (χ1) is 4.93. The van der Waals surface area contributed by atoms with Gasteiger partial charge in [0.15, 0.2) is 0 Å². The second kappa shape index (κ2) is 0.726. The topological polar surface area (TPSA) is 12.0 Å². The molecule has 52 valence electrons. The van der Waals surface area contributed by atoms with Gasteiger partial charge in [-0.05, 0) is 48.5 Å². The summed E-state index contributed by atoms with van der Waals surface area (Å²) in [7, 11) is 2.18. The van der Waals surface area contributed by atoms with E-state index in [9.17, 15) is 0 Å². The summed E-state index contributed by atoms with van der Waals surface area (Å²) in [5.74, 6) is 8.55. The van der Waals surface area contributed by atoms with Crippen LogP contribution < -0.4 is 5.32 Å². The molecule has 1 heteroatoms. The van der Waals surface area contributed by atoms with Gasteiger partial charge in [0.05, 0.1) is 0 Å². The summed E-state index contributed by atoms with van der Waals surface area (Å²) in [5, 5.41) is 3.59. The molecule has 6 fully saturated rings. The van der Waals surface area contributed by atoms with Crippen molar-refractivity contribution in [2.24, 2.45) is 41.4 Å². The van der Waals surface area contributed by atoms with Crippen molar-refractivity contribution in [1.82, 2.24) is 5.32 Å². The zero-order valence-corrected chi connectivity index (χ0v) is 6.04. The van der Waals surface area contributed by atoms with Gasteiger partial charge in [-0.2, -0.15) is 0 Å². The van der Waals surface area contributed by atoms with Crippen LogP contribution in [-0.2, 0) is 0 Å². The SMILES string of the molecule is CNC12C3C4C5C3C1C5C42. The summed E-state index contributed by atoms with van der Waals surface area (Å²) in [6.07, 6.45) is 0. The summed E-state index contributed by atoms with van der Waals surface area (Å²) in [6.45, 7) is 0. The third-order valence-electron chi connectivity index (χ3n) is 5.91. The summed E-state index contributed by atoms with van der Waals surface area (Å²) in [6, 6.07) is 0. The molecule has 0 aromatic rings. The van der Waals surface area contributed by atoms with Crippen molar-refractivity contribution in [3.63, 3.8) is 0 Å². The van der Waals surface area contributed by atoms with Crippen molar-refractivity contribution in [3.05, 3.63) is 0 Å². The predicted molar refractivity (Wildman–Crippen MR) is 36.2 cm³/mol. The van der Waals surface area contributed by atoms with Crippen LogP contribution in [0.2, 0.25) is 0 Å². The third kappa shape index (κ3) is 0.119. The van der Waals surface area contributed by atoms with Gasteiger partial charge in [0.2, 0.25) is 0 Å². The molecule has 1 N–H and O–H groups in total. The van der Waals surface area contributed by atoms with Crippen LogP contribution in [0.5, 0.6) is 0 Å². The maximum absolute atomic E-state index is 3.59. The van der Waals surface area contributed by atoms with E-state index in [2.05, 4.69) is 12.4 Å². The van der Waals surface area contributed by atoms with Gasteiger partial charge in [-0.1, -0.05) is 0 Å². The molecule has 0 saturated heterocycles. The van der Waals surface area contributed by atoms with E-state index >= 15 is 0 Å². The van der Waals surface area contributed by atoms with Gasteiger partial charge >= 0.3 is 0 Å². The molecule has 1 nitrogen and oxygen atoms in total.